The minimum absolute atomic E-state index is 0. The fourth-order valence-corrected chi connectivity index (χ4v) is 3.27. The van der Waals surface area contributed by atoms with Gasteiger partial charge in [0.25, 0.3) is 0 Å². The Morgan fingerprint density at radius 3 is 2.57 bits per heavy atom. The Labute approximate surface area is 191 Å². The van der Waals surface area contributed by atoms with Gasteiger partial charge in [-0.2, -0.15) is 0 Å². The predicted molar refractivity (Wildman–Crippen MR) is 127 cm³/mol. The van der Waals surface area contributed by atoms with Crippen molar-refractivity contribution in [2.75, 3.05) is 46.9 Å². The van der Waals surface area contributed by atoms with Gasteiger partial charge in [0.1, 0.15) is 11.9 Å². The van der Waals surface area contributed by atoms with Crippen LogP contribution in [0.2, 0.25) is 5.02 Å². The van der Waals surface area contributed by atoms with E-state index in [2.05, 4.69) is 20.5 Å². The number of piperidine rings is 1. The largest absolute Gasteiger partial charge is 0.489 e. The minimum Gasteiger partial charge on any atom is -0.489 e. The van der Waals surface area contributed by atoms with Crippen molar-refractivity contribution in [1.29, 1.82) is 0 Å². The van der Waals surface area contributed by atoms with Crippen molar-refractivity contribution in [2.45, 2.75) is 38.3 Å². The molecule has 0 saturated carbocycles. The van der Waals surface area contributed by atoms with Gasteiger partial charge in [-0.05, 0) is 50.5 Å². The van der Waals surface area contributed by atoms with E-state index in [4.69, 9.17) is 21.1 Å². The highest BCUT2D eigenvalue weighted by Gasteiger charge is 2.19. The maximum atomic E-state index is 5.90. The highest BCUT2D eigenvalue weighted by molar-refractivity contribution is 14.0. The number of nitrogens with one attached hydrogen (secondary N) is 2. The van der Waals surface area contributed by atoms with Gasteiger partial charge in [-0.3, -0.25) is 4.99 Å². The zero-order valence-electron chi connectivity index (χ0n) is 17.1. The average molecular weight is 525 g/mol. The third-order valence-corrected chi connectivity index (χ3v) is 4.93. The molecule has 0 radical (unpaired) electrons. The van der Waals surface area contributed by atoms with E-state index in [9.17, 15) is 0 Å². The van der Waals surface area contributed by atoms with Crippen LogP contribution in [0.1, 0.15) is 26.2 Å². The molecule has 1 aromatic carbocycles. The number of methoxy groups -OCH3 is 1. The SMILES string of the molecule is CN=C(NCC(C)Oc1ccc(Cl)cc1)NC1CCN(CCCOC)CC1.I. The van der Waals surface area contributed by atoms with Gasteiger partial charge in [0.2, 0.25) is 0 Å². The Bertz CT molecular complexity index is 566. The number of benzene rings is 1. The van der Waals surface area contributed by atoms with E-state index < -0.39 is 0 Å². The molecule has 160 valence electrons. The predicted octanol–water partition coefficient (Wildman–Crippen LogP) is 3.39. The molecule has 2 rings (SSSR count). The molecule has 1 fully saturated rings. The summed E-state index contributed by atoms with van der Waals surface area (Å²) in [5, 5.41) is 7.60. The lowest BCUT2D eigenvalue weighted by Crippen LogP contribution is -2.50. The van der Waals surface area contributed by atoms with E-state index in [1.54, 1.807) is 14.2 Å². The molecule has 1 saturated heterocycles. The second kappa shape index (κ2) is 14.3. The van der Waals surface area contributed by atoms with E-state index in [-0.39, 0.29) is 30.1 Å². The van der Waals surface area contributed by atoms with E-state index in [1.807, 2.05) is 31.2 Å². The Hall–Kier alpha value is -0.770. The normalized spacial score (nSPS) is 16.9. The molecular weight excluding hydrogens is 491 g/mol. The third-order valence-electron chi connectivity index (χ3n) is 4.68. The van der Waals surface area contributed by atoms with Gasteiger partial charge in [-0.15, -0.1) is 24.0 Å². The van der Waals surface area contributed by atoms with Crippen LogP contribution in [-0.2, 0) is 4.74 Å². The smallest absolute Gasteiger partial charge is 0.191 e. The van der Waals surface area contributed by atoms with E-state index in [1.165, 1.54) is 0 Å². The van der Waals surface area contributed by atoms with Gasteiger partial charge in [-0.1, -0.05) is 11.6 Å². The topological polar surface area (TPSA) is 58.1 Å². The Morgan fingerprint density at radius 2 is 1.96 bits per heavy atom. The van der Waals surface area contributed by atoms with Crippen molar-refractivity contribution >= 4 is 41.5 Å². The van der Waals surface area contributed by atoms with Gasteiger partial charge in [-0.25, -0.2) is 0 Å². The zero-order chi connectivity index (χ0) is 19.5. The first-order chi connectivity index (χ1) is 13.1. The van der Waals surface area contributed by atoms with Crippen molar-refractivity contribution in [2.24, 2.45) is 4.99 Å². The summed E-state index contributed by atoms with van der Waals surface area (Å²) in [7, 11) is 3.57. The van der Waals surface area contributed by atoms with Crippen LogP contribution < -0.4 is 15.4 Å². The van der Waals surface area contributed by atoms with Crippen LogP contribution >= 0.6 is 35.6 Å². The molecular formula is C20H34ClIN4O2. The summed E-state index contributed by atoms with van der Waals surface area (Å²) < 4.78 is 11.0. The van der Waals surface area contributed by atoms with Gasteiger partial charge in [0.15, 0.2) is 5.96 Å². The van der Waals surface area contributed by atoms with Gasteiger partial charge < -0.3 is 25.0 Å². The molecule has 0 spiro atoms. The number of likely N-dealkylation sites (tertiary alicyclic amines) is 1. The monoisotopic (exact) mass is 524 g/mol. The number of hydrogen-bond acceptors (Lipinski definition) is 4. The summed E-state index contributed by atoms with van der Waals surface area (Å²) in [4.78, 5) is 6.85. The van der Waals surface area contributed by atoms with Gasteiger partial charge in [0, 0.05) is 51.5 Å². The molecule has 28 heavy (non-hydrogen) atoms. The minimum atomic E-state index is 0. The molecule has 1 heterocycles. The molecule has 1 atom stereocenters. The molecule has 1 unspecified atom stereocenters. The summed E-state index contributed by atoms with van der Waals surface area (Å²) in [6.07, 6.45) is 3.38. The first-order valence-corrected chi connectivity index (χ1v) is 10.1. The highest BCUT2D eigenvalue weighted by Crippen LogP contribution is 2.16. The second-order valence-electron chi connectivity index (χ2n) is 6.94. The lowest BCUT2D eigenvalue weighted by Gasteiger charge is -2.33. The first-order valence-electron chi connectivity index (χ1n) is 9.71. The maximum Gasteiger partial charge on any atom is 0.191 e. The summed E-state index contributed by atoms with van der Waals surface area (Å²) in [6.45, 7) is 6.91. The summed E-state index contributed by atoms with van der Waals surface area (Å²) >= 11 is 5.90. The van der Waals surface area contributed by atoms with Crippen LogP contribution in [0.5, 0.6) is 5.75 Å². The molecule has 1 aromatic rings. The second-order valence-corrected chi connectivity index (χ2v) is 7.38. The molecule has 6 nitrogen and oxygen atoms in total. The van der Waals surface area contributed by atoms with Crippen molar-refractivity contribution in [1.82, 2.24) is 15.5 Å². The molecule has 0 aromatic heterocycles. The fraction of sp³-hybridized carbons (Fsp3) is 0.650. The quantitative estimate of drug-likeness (QED) is 0.224. The number of aliphatic imine (C=N–C) groups is 1. The molecule has 1 aliphatic rings. The summed E-state index contributed by atoms with van der Waals surface area (Å²) in [6, 6.07) is 7.89. The Balaban J connectivity index is 0.00000392. The Kier molecular flexibility index (Phi) is 12.9. The van der Waals surface area contributed by atoms with Crippen LogP contribution in [0.3, 0.4) is 0 Å². The standard InChI is InChI=1S/C20H33ClN4O2.HI/c1-16(27-19-7-5-17(21)6-8-19)15-23-20(22-2)24-18-9-12-25(13-10-18)11-4-14-26-3;/h5-8,16,18H,4,9-15H2,1-3H3,(H2,22,23,24);1H. The lowest BCUT2D eigenvalue weighted by atomic mass is 10.1. The van der Waals surface area contributed by atoms with Gasteiger partial charge in [0.05, 0.1) is 6.54 Å². The number of rotatable bonds is 9. The van der Waals surface area contributed by atoms with E-state index >= 15 is 0 Å². The van der Waals surface area contributed by atoms with Crippen LogP contribution in [0.4, 0.5) is 0 Å². The van der Waals surface area contributed by atoms with E-state index in [0.717, 1.165) is 57.2 Å². The molecule has 0 aliphatic carbocycles. The Morgan fingerprint density at radius 1 is 1.29 bits per heavy atom. The first kappa shape index (κ1) is 25.3. The fourth-order valence-electron chi connectivity index (χ4n) is 3.15. The number of hydrogen-bond donors (Lipinski definition) is 2. The van der Waals surface area contributed by atoms with Crippen LogP contribution in [0.25, 0.3) is 0 Å². The number of ether oxygens (including phenoxy) is 2. The average Bonchev–Trinajstić information content (AvgIpc) is 2.68. The molecule has 0 bridgehead atoms. The molecule has 8 heteroatoms. The highest BCUT2D eigenvalue weighted by atomic mass is 127. The zero-order valence-corrected chi connectivity index (χ0v) is 20.2. The number of nitrogens with zero attached hydrogens (tertiary/aromatic N) is 2. The van der Waals surface area contributed by atoms with Crippen LogP contribution in [-0.4, -0.2) is 69.9 Å². The van der Waals surface area contributed by atoms with Crippen molar-refractivity contribution in [3.05, 3.63) is 29.3 Å². The van der Waals surface area contributed by atoms with Gasteiger partial charge >= 0.3 is 0 Å². The number of guanidine groups is 1. The van der Waals surface area contributed by atoms with Crippen molar-refractivity contribution in [3.8, 4) is 5.75 Å². The maximum absolute atomic E-state index is 5.90. The molecule has 0 amide bonds. The van der Waals surface area contributed by atoms with E-state index in [0.29, 0.717) is 17.6 Å². The lowest BCUT2D eigenvalue weighted by molar-refractivity contribution is 0.155. The molecule has 2 N–H and O–H groups in total. The third kappa shape index (κ3) is 9.62. The van der Waals surface area contributed by atoms with Crippen molar-refractivity contribution < 1.29 is 9.47 Å². The summed E-state index contributed by atoms with van der Waals surface area (Å²) in [5.41, 5.74) is 0. The van der Waals surface area contributed by atoms with Crippen molar-refractivity contribution in [3.63, 3.8) is 0 Å². The summed E-state index contributed by atoms with van der Waals surface area (Å²) in [5.74, 6) is 1.65. The van der Waals surface area contributed by atoms with Crippen LogP contribution in [0.15, 0.2) is 29.3 Å². The van der Waals surface area contributed by atoms with Crippen LogP contribution in [0, 0.1) is 0 Å². The number of halogens is 2. The molecule has 1 aliphatic heterocycles.